The summed E-state index contributed by atoms with van der Waals surface area (Å²) in [6.45, 7) is 0. The van der Waals surface area contributed by atoms with Crippen molar-refractivity contribution in [1.29, 1.82) is 0 Å². The Labute approximate surface area is 132 Å². The second-order valence-corrected chi connectivity index (χ2v) is 7.24. The van der Waals surface area contributed by atoms with Gasteiger partial charge in [-0.3, -0.25) is 4.72 Å². The molecular weight excluding hydrogens is 415 g/mol. The molecule has 0 unspecified atom stereocenters. The maximum absolute atomic E-state index is 13.0. The summed E-state index contributed by atoms with van der Waals surface area (Å²) < 4.78 is 41.1. The van der Waals surface area contributed by atoms with Gasteiger partial charge in [-0.15, -0.1) is 0 Å². The molecule has 0 bridgehead atoms. The quantitative estimate of drug-likeness (QED) is 0.738. The molecule has 4 nitrogen and oxygen atoms in total. The highest BCUT2D eigenvalue weighted by molar-refractivity contribution is 9.11. The summed E-state index contributed by atoms with van der Waals surface area (Å²) in [6, 6.07) is 8.26. The predicted octanol–water partition coefficient (Wildman–Crippen LogP) is 3.73. The number of anilines is 2. The standard InChI is InChI=1S/C12H9Br2FN2O2S/c13-8-2-1-3-9(14)12(8)17-20(18,19)11-5-4-7(15)6-10(11)16/h1-6,17H,16H2. The van der Waals surface area contributed by atoms with Gasteiger partial charge in [0.25, 0.3) is 10.0 Å². The van der Waals surface area contributed by atoms with Crippen molar-refractivity contribution >= 4 is 53.3 Å². The zero-order valence-electron chi connectivity index (χ0n) is 9.90. The molecule has 106 valence electrons. The molecule has 2 rings (SSSR count). The number of hydrogen-bond acceptors (Lipinski definition) is 3. The summed E-state index contributed by atoms with van der Waals surface area (Å²) in [6.07, 6.45) is 0. The van der Waals surface area contributed by atoms with Gasteiger partial charge in [-0.1, -0.05) is 6.07 Å². The van der Waals surface area contributed by atoms with Crippen LogP contribution >= 0.6 is 31.9 Å². The van der Waals surface area contributed by atoms with Crippen molar-refractivity contribution in [3.8, 4) is 0 Å². The van der Waals surface area contributed by atoms with E-state index in [2.05, 4.69) is 36.6 Å². The normalized spacial score (nSPS) is 11.3. The Morgan fingerprint density at radius 2 is 1.70 bits per heavy atom. The topological polar surface area (TPSA) is 72.2 Å². The van der Waals surface area contributed by atoms with E-state index in [1.54, 1.807) is 18.2 Å². The highest BCUT2D eigenvalue weighted by Gasteiger charge is 2.20. The molecule has 0 saturated heterocycles. The first kappa shape index (κ1) is 15.3. The summed E-state index contributed by atoms with van der Waals surface area (Å²) in [5.74, 6) is -0.594. The Kier molecular flexibility index (Phi) is 4.36. The van der Waals surface area contributed by atoms with Gasteiger partial charge in [-0.05, 0) is 62.2 Å². The fraction of sp³-hybridized carbons (Fsp3) is 0. The van der Waals surface area contributed by atoms with Crippen molar-refractivity contribution in [3.05, 3.63) is 51.2 Å². The van der Waals surface area contributed by atoms with E-state index in [1.807, 2.05) is 0 Å². The van der Waals surface area contributed by atoms with Gasteiger partial charge >= 0.3 is 0 Å². The monoisotopic (exact) mass is 422 g/mol. The maximum atomic E-state index is 13.0. The molecule has 0 heterocycles. The molecule has 3 N–H and O–H groups in total. The Bertz CT molecular complexity index is 746. The minimum Gasteiger partial charge on any atom is -0.398 e. The van der Waals surface area contributed by atoms with Gasteiger partial charge in [-0.25, -0.2) is 12.8 Å². The van der Waals surface area contributed by atoms with E-state index in [0.717, 1.165) is 18.2 Å². The molecule has 0 aliphatic heterocycles. The van der Waals surface area contributed by atoms with Gasteiger partial charge in [0, 0.05) is 8.95 Å². The van der Waals surface area contributed by atoms with Gasteiger partial charge in [0.05, 0.1) is 11.4 Å². The summed E-state index contributed by atoms with van der Waals surface area (Å²) in [7, 11) is -3.91. The Morgan fingerprint density at radius 3 is 2.25 bits per heavy atom. The maximum Gasteiger partial charge on any atom is 0.264 e. The van der Waals surface area contributed by atoms with Crippen molar-refractivity contribution < 1.29 is 12.8 Å². The van der Waals surface area contributed by atoms with Crippen LogP contribution in [0.4, 0.5) is 15.8 Å². The van der Waals surface area contributed by atoms with E-state index < -0.39 is 15.8 Å². The van der Waals surface area contributed by atoms with Crippen LogP contribution < -0.4 is 10.5 Å². The Morgan fingerprint density at radius 1 is 1.10 bits per heavy atom. The second kappa shape index (κ2) is 5.71. The van der Waals surface area contributed by atoms with Crippen LogP contribution in [0.15, 0.2) is 50.2 Å². The summed E-state index contributed by atoms with van der Waals surface area (Å²) >= 11 is 6.51. The number of halogens is 3. The van der Waals surface area contributed by atoms with Crippen LogP contribution in [0.5, 0.6) is 0 Å². The van der Waals surface area contributed by atoms with Gasteiger partial charge in [0.15, 0.2) is 0 Å². The lowest BCUT2D eigenvalue weighted by molar-refractivity contribution is 0.600. The average molecular weight is 424 g/mol. The Balaban J connectivity index is 2.46. The third-order valence-electron chi connectivity index (χ3n) is 2.46. The molecule has 0 aromatic heterocycles. The highest BCUT2D eigenvalue weighted by atomic mass is 79.9. The highest BCUT2D eigenvalue weighted by Crippen LogP contribution is 2.33. The number of hydrogen-bond donors (Lipinski definition) is 2. The van der Waals surface area contributed by atoms with Gasteiger partial charge in [0.2, 0.25) is 0 Å². The number of benzene rings is 2. The van der Waals surface area contributed by atoms with E-state index in [4.69, 9.17) is 5.73 Å². The largest absolute Gasteiger partial charge is 0.398 e. The molecular formula is C12H9Br2FN2O2S. The van der Waals surface area contributed by atoms with Crippen LogP contribution in [0, 0.1) is 5.82 Å². The van der Waals surface area contributed by atoms with Crippen LogP contribution in [-0.4, -0.2) is 8.42 Å². The first-order valence-electron chi connectivity index (χ1n) is 5.33. The van der Waals surface area contributed by atoms with Gasteiger partial charge in [0.1, 0.15) is 10.7 Å². The molecule has 0 atom stereocenters. The fourth-order valence-corrected chi connectivity index (χ4v) is 4.22. The van der Waals surface area contributed by atoms with Crippen LogP contribution in [0.25, 0.3) is 0 Å². The molecule has 0 spiro atoms. The number of nitrogens with two attached hydrogens (primary N) is 1. The van der Waals surface area contributed by atoms with E-state index in [1.165, 1.54) is 0 Å². The molecule has 8 heteroatoms. The summed E-state index contributed by atoms with van der Waals surface area (Å²) in [4.78, 5) is -0.179. The lowest BCUT2D eigenvalue weighted by Gasteiger charge is -2.12. The summed E-state index contributed by atoms with van der Waals surface area (Å²) in [5.41, 5.74) is 5.75. The number of nitrogens with one attached hydrogen (secondary N) is 1. The van der Waals surface area contributed by atoms with E-state index in [-0.39, 0.29) is 10.6 Å². The van der Waals surface area contributed by atoms with Crippen LogP contribution in [0.3, 0.4) is 0 Å². The van der Waals surface area contributed by atoms with E-state index in [0.29, 0.717) is 14.6 Å². The van der Waals surface area contributed by atoms with Crippen LogP contribution in [-0.2, 0) is 10.0 Å². The van der Waals surface area contributed by atoms with Crippen LogP contribution in [0.2, 0.25) is 0 Å². The third kappa shape index (κ3) is 3.13. The van der Waals surface area contributed by atoms with Crippen LogP contribution in [0.1, 0.15) is 0 Å². The number of rotatable bonds is 3. The SMILES string of the molecule is Nc1cc(F)ccc1S(=O)(=O)Nc1c(Br)cccc1Br. The third-order valence-corrected chi connectivity index (χ3v) is 5.21. The zero-order chi connectivity index (χ0) is 14.9. The summed E-state index contributed by atoms with van der Waals surface area (Å²) in [5, 5.41) is 0. The first-order chi connectivity index (χ1) is 9.31. The van der Waals surface area contributed by atoms with E-state index >= 15 is 0 Å². The molecule has 0 radical (unpaired) electrons. The number of sulfonamides is 1. The van der Waals surface area contributed by atoms with Gasteiger partial charge < -0.3 is 5.73 Å². The van der Waals surface area contributed by atoms with Crippen molar-refractivity contribution in [3.63, 3.8) is 0 Å². The minimum absolute atomic E-state index is 0.152. The average Bonchev–Trinajstić information content (AvgIpc) is 2.33. The lowest BCUT2D eigenvalue weighted by Crippen LogP contribution is -2.15. The minimum atomic E-state index is -3.91. The van der Waals surface area contributed by atoms with Gasteiger partial charge in [-0.2, -0.15) is 0 Å². The molecule has 0 fully saturated rings. The molecule has 0 amide bonds. The Hall–Kier alpha value is -1.12. The predicted molar refractivity (Wildman–Crippen MR) is 83.5 cm³/mol. The molecule has 0 aliphatic rings. The lowest BCUT2D eigenvalue weighted by atomic mass is 10.3. The molecule has 0 aliphatic carbocycles. The first-order valence-corrected chi connectivity index (χ1v) is 8.40. The second-order valence-electron chi connectivity index (χ2n) is 3.88. The molecule has 0 saturated carbocycles. The van der Waals surface area contributed by atoms with E-state index in [9.17, 15) is 12.8 Å². The van der Waals surface area contributed by atoms with Crippen molar-refractivity contribution in [2.24, 2.45) is 0 Å². The fourth-order valence-electron chi connectivity index (χ4n) is 1.55. The molecule has 20 heavy (non-hydrogen) atoms. The van der Waals surface area contributed by atoms with Crippen molar-refractivity contribution in [2.45, 2.75) is 4.90 Å². The van der Waals surface area contributed by atoms with Crippen molar-refractivity contribution in [2.75, 3.05) is 10.5 Å². The van der Waals surface area contributed by atoms with Crippen molar-refractivity contribution in [1.82, 2.24) is 0 Å². The zero-order valence-corrected chi connectivity index (χ0v) is 13.9. The number of para-hydroxylation sites is 1. The number of nitrogen functional groups attached to an aromatic ring is 1. The molecule has 2 aromatic carbocycles. The smallest absolute Gasteiger partial charge is 0.264 e. The molecule has 2 aromatic rings.